The summed E-state index contributed by atoms with van der Waals surface area (Å²) in [7, 11) is 0. The van der Waals surface area contributed by atoms with E-state index in [4.69, 9.17) is 0 Å². The van der Waals surface area contributed by atoms with E-state index in [9.17, 15) is 0 Å². The molecule has 2 atom stereocenters. The van der Waals surface area contributed by atoms with Crippen LogP contribution in [0.3, 0.4) is 0 Å². The molecule has 1 aromatic rings. The fourth-order valence-corrected chi connectivity index (χ4v) is 5.64. The molecule has 2 heteroatoms. The van der Waals surface area contributed by atoms with Crippen LogP contribution >= 0.6 is 0 Å². The van der Waals surface area contributed by atoms with E-state index < -0.39 is 0 Å². The summed E-state index contributed by atoms with van der Waals surface area (Å²) >= 11 is 0. The van der Waals surface area contributed by atoms with Crippen molar-refractivity contribution in [1.82, 2.24) is 9.80 Å². The van der Waals surface area contributed by atoms with Crippen LogP contribution in [-0.4, -0.2) is 42.0 Å². The van der Waals surface area contributed by atoms with Crippen molar-refractivity contribution in [2.75, 3.05) is 26.2 Å². The first-order chi connectivity index (χ1) is 13.7. The quantitative estimate of drug-likeness (QED) is 0.559. The van der Waals surface area contributed by atoms with Gasteiger partial charge in [0.15, 0.2) is 0 Å². The summed E-state index contributed by atoms with van der Waals surface area (Å²) in [5.74, 6) is 0.752. The van der Waals surface area contributed by atoms with Crippen LogP contribution in [0.2, 0.25) is 0 Å². The molecule has 1 aromatic carbocycles. The highest BCUT2D eigenvalue weighted by molar-refractivity contribution is 5.45. The number of aryl methyl sites for hydroxylation is 2. The molecule has 1 aliphatic carbocycles. The van der Waals surface area contributed by atoms with E-state index in [2.05, 4.69) is 60.9 Å². The van der Waals surface area contributed by atoms with E-state index in [0.717, 1.165) is 12.0 Å². The van der Waals surface area contributed by atoms with Crippen LogP contribution in [0.15, 0.2) is 47.2 Å². The number of hydrogen-bond acceptors (Lipinski definition) is 2. The molecule has 0 aromatic heterocycles. The molecular formula is C26H38N2. The third kappa shape index (κ3) is 4.08. The molecule has 2 saturated heterocycles. The normalized spacial score (nSPS) is 25.0. The molecule has 4 rings (SSSR count). The third-order valence-electron chi connectivity index (χ3n) is 7.08. The molecule has 0 bridgehead atoms. The van der Waals surface area contributed by atoms with Crippen LogP contribution in [0, 0.1) is 12.8 Å². The number of fused-ring (bicyclic) bond motifs is 3. The second-order valence-corrected chi connectivity index (χ2v) is 9.23. The van der Waals surface area contributed by atoms with Gasteiger partial charge in [-0.3, -0.25) is 0 Å². The lowest BCUT2D eigenvalue weighted by atomic mass is 9.85. The Morgan fingerprint density at radius 2 is 1.86 bits per heavy atom. The maximum atomic E-state index is 2.79. The summed E-state index contributed by atoms with van der Waals surface area (Å²) in [6, 6.07) is 9.85. The molecule has 2 heterocycles. The maximum Gasteiger partial charge on any atom is 0.0391 e. The number of rotatable bonds is 7. The van der Waals surface area contributed by atoms with Gasteiger partial charge < -0.3 is 9.80 Å². The van der Waals surface area contributed by atoms with Gasteiger partial charge in [-0.1, -0.05) is 42.8 Å². The smallest absolute Gasteiger partial charge is 0.0391 e. The van der Waals surface area contributed by atoms with Crippen molar-refractivity contribution < 1.29 is 0 Å². The fourth-order valence-electron chi connectivity index (χ4n) is 5.64. The number of hydrogen-bond donors (Lipinski definition) is 0. The SMILES string of the molecule is CCCN1C2=C(C)CCC=C2C2CN(CCCCc3ccc(C)cc3)CCC21. The predicted octanol–water partition coefficient (Wildman–Crippen LogP) is 5.73. The van der Waals surface area contributed by atoms with Crippen molar-refractivity contribution in [3.8, 4) is 0 Å². The van der Waals surface area contributed by atoms with Crippen molar-refractivity contribution in [2.24, 2.45) is 5.92 Å². The lowest BCUT2D eigenvalue weighted by molar-refractivity contribution is 0.122. The Labute approximate surface area is 172 Å². The lowest BCUT2D eigenvalue weighted by Crippen LogP contribution is -2.46. The van der Waals surface area contributed by atoms with Crippen molar-refractivity contribution in [2.45, 2.75) is 71.8 Å². The second-order valence-electron chi connectivity index (χ2n) is 9.23. The highest BCUT2D eigenvalue weighted by Gasteiger charge is 2.44. The number of nitrogens with zero attached hydrogens (tertiary/aromatic N) is 2. The van der Waals surface area contributed by atoms with Gasteiger partial charge in [-0.15, -0.1) is 0 Å². The average molecular weight is 379 g/mol. The molecule has 3 aliphatic rings. The zero-order chi connectivity index (χ0) is 19.5. The van der Waals surface area contributed by atoms with Gasteiger partial charge >= 0.3 is 0 Å². The fraction of sp³-hybridized carbons (Fsp3) is 0.615. The molecule has 0 spiro atoms. The number of piperidine rings is 1. The third-order valence-corrected chi connectivity index (χ3v) is 7.08. The Hall–Kier alpha value is -1.54. The van der Waals surface area contributed by atoms with Crippen LogP contribution in [0.25, 0.3) is 0 Å². The molecule has 0 amide bonds. The Bertz CT molecular complexity index is 727. The van der Waals surface area contributed by atoms with Crippen molar-refractivity contribution in [3.63, 3.8) is 0 Å². The van der Waals surface area contributed by atoms with Gasteiger partial charge in [-0.2, -0.15) is 0 Å². The summed E-state index contributed by atoms with van der Waals surface area (Å²) in [6.45, 7) is 11.9. The van der Waals surface area contributed by atoms with Gasteiger partial charge in [0.05, 0.1) is 0 Å². The van der Waals surface area contributed by atoms with Crippen molar-refractivity contribution in [1.29, 1.82) is 0 Å². The van der Waals surface area contributed by atoms with Gasteiger partial charge in [0.25, 0.3) is 0 Å². The van der Waals surface area contributed by atoms with Crippen molar-refractivity contribution >= 4 is 0 Å². The van der Waals surface area contributed by atoms with E-state index in [-0.39, 0.29) is 0 Å². The van der Waals surface area contributed by atoms with Crippen LogP contribution in [0.4, 0.5) is 0 Å². The number of allylic oxidation sites excluding steroid dienone is 3. The summed E-state index contributed by atoms with van der Waals surface area (Å²) in [6.07, 6.45) is 11.6. The zero-order valence-electron chi connectivity index (χ0n) is 18.2. The van der Waals surface area contributed by atoms with Gasteiger partial charge in [-0.05, 0) is 82.0 Å². The topological polar surface area (TPSA) is 6.48 Å². The Kier molecular flexibility index (Phi) is 6.25. The van der Waals surface area contributed by atoms with Gasteiger partial charge in [0.2, 0.25) is 0 Å². The molecular weight excluding hydrogens is 340 g/mol. The summed E-state index contributed by atoms with van der Waals surface area (Å²) in [5.41, 5.74) is 7.84. The minimum absolute atomic E-state index is 0.752. The van der Waals surface area contributed by atoms with Crippen LogP contribution in [0.5, 0.6) is 0 Å². The standard InChI is InChI=1S/C26H38N2/c1-4-16-28-25-15-18-27(17-6-5-9-22-13-11-20(2)12-14-22)19-24(25)23-10-7-8-21(3)26(23)28/h10-14,24-25H,4-9,15-19H2,1-3H3. The van der Waals surface area contributed by atoms with Gasteiger partial charge in [0, 0.05) is 37.3 Å². The largest absolute Gasteiger partial charge is 0.368 e. The van der Waals surface area contributed by atoms with E-state index in [1.807, 2.05) is 0 Å². The zero-order valence-corrected chi connectivity index (χ0v) is 18.2. The highest BCUT2D eigenvalue weighted by atomic mass is 15.2. The first kappa shape index (κ1) is 19.8. The first-order valence-corrected chi connectivity index (χ1v) is 11.6. The Morgan fingerprint density at radius 1 is 1.04 bits per heavy atom. The van der Waals surface area contributed by atoms with E-state index >= 15 is 0 Å². The summed E-state index contributed by atoms with van der Waals surface area (Å²) in [4.78, 5) is 5.55. The lowest BCUT2D eigenvalue weighted by Gasteiger charge is -2.38. The first-order valence-electron chi connectivity index (χ1n) is 11.6. The van der Waals surface area contributed by atoms with Crippen molar-refractivity contribution in [3.05, 3.63) is 58.3 Å². The van der Waals surface area contributed by atoms with Crippen LogP contribution in [-0.2, 0) is 6.42 Å². The highest BCUT2D eigenvalue weighted by Crippen LogP contribution is 2.46. The van der Waals surface area contributed by atoms with E-state index in [1.54, 1.807) is 16.8 Å². The van der Waals surface area contributed by atoms with Crippen LogP contribution < -0.4 is 0 Å². The Morgan fingerprint density at radius 3 is 2.64 bits per heavy atom. The minimum atomic E-state index is 0.752. The molecule has 0 N–H and O–H groups in total. The number of benzene rings is 1. The molecule has 0 radical (unpaired) electrons. The summed E-state index contributed by atoms with van der Waals surface area (Å²) < 4.78 is 0. The molecule has 152 valence electrons. The molecule has 0 saturated carbocycles. The Balaban J connectivity index is 1.32. The van der Waals surface area contributed by atoms with Gasteiger partial charge in [-0.25, -0.2) is 0 Å². The maximum absolute atomic E-state index is 2.79. The van der Waals surface area contributed by atoms with Crippen LogP contribution in [0.1, 0.15) is 63.5 Å². The average Bonchev–Trinajstić information content (AvgIpc) is 3.02. The molecule has 2 fully saturated rings. The minimum Gasteiger partial charge on any atom is -0.368 e. The molecule has 2 unspecified atom stereocenters. The van der Waals surface area contributed by atoms with Gasteiger partial charge in [0.1, 0.15) is 0 Å². The van der Waals surface area contributed by atoms with E-state index in [0.29, 0.717) is 0 Å². The molecule has 2 nitrogen and oxygen atoms in total. The monoisotopic (exact) mass is 378 g/mol. The number of unbranched alkanes of at least 4 members (excludes halogenated alkanes) is 1. The second kappa shape index (κ2) is 8.86. The summed E-state index contributed by atoms with van der Waals surface area (Å²) in [5, 5.41) is 0. The molecule has 28 heavy (non-hydrogen) atoms. The number of likely N-dealkylation sites (tertiary alicyclic amines) is 2. The molecule has 2 aliphatic heterocycles. The van der Waals surface area contributed by atoms with E-state index in [1.165, 1.54) is 82.3 Å². The predicted molar refractivity (Wildman–Crippen MR) is 119 cm³/mol.